The molecule has 3 aliphatic heterocycles. The van der Waals surface area contributed by atoms with Crippen LogP contribution in [0.3, 0.4) is 0 Å². The minimum Gasteiger partial charge on any atom is -0.463 e. The Morgan fingerprint density at radius 1 is 1.00 bits per heavy atom. The van der Waals surface area contributed by atoms with Crippen LogP contribution in [0.2, 0.25) is 0 Å². The van der Waals surface area contributed by atoms with Crippen LogP contribution in [-0.2, 0) is 49.3 Å². The molecule has 302 valence electrons. The fourth-order valence-corrected chi connectivity index (χ4v) is 8.69. The number of H-pyrrole nitrogens is 1. The zero-order valence-corrected chi connectivity index (χ0v) is 33.3. The van der Waals surface area contributed by atoms with E-state index in [0.717, 1.165) is 49.3 Å². The predicted molar refractivity (Wildman–Crippen MR) is 203 cm³/mol. The van der Waals surface area contributed by atoms with Crippen molar-refractivity contribution >= 4 is 30.0 Å². The summed E-state index contributed by atoms with van der Waals surface area (Å²) in [5.74, 6) is -3.21. The van der Waals surface area contributed by atoms with Gasteiger partial charge in [0.15, 0.2) is 17.3 Å². The van der Waals surface area contributed by atoms with Crippen LogP contribution in [0.15, 0.2) is 36.5 Å². The molecular formula is C41H58N4O10. The van der Waals surface area contributed by atoms with E-state index >= 15 is 0 Å². The van der Waals surface area contributed by atoms with E-state index in [-0.39, 0.29) is 12.3 Å². The molecule has 14 heteroatoms. The number of piperidine rings is 2. The topological polar surface area (TPSA) is 168 Å². The highest BCUT2D eigenvalue weighted by atomic mass is 16.7. The first-order chi connectivity index (χ1) is 26.2. The van der Waals surface area contributed by atoms with Crippen molar-refractivity contribution in [1.29, 1.82) is 0 Å². The number of nitrogens with zero attached hydrogens (tertiary/aromatic N) is 2. The van der Waals surface area contributed by atoms with Gasteiger partial charge in [-0.25, -0.2) is 5.10 Å². The Balaban J connectivity index is 1.49. The van der Waals surface area contributed by atoms with Crippen LogP contribution >= 0.6 is 0 Å². The summed E-state index contributed by atoms with van der Waals surface area (Å²) in [6.45, 7) is 15.6. The lowest BCUT2D eigenvalue weighted by Gasteiger charge is -2.59. The quantitative estimate of drug-likeness (QED) is 0.201. The summed E-state index contributed by atoms with van der Waals surface area (Å²) in [4.78, 5) is 53.9. The van der Waals surface area contributed by atoms with Gasteiger partial charge in [-0.15, -0.1) is 0 Å². The third-order valence-corrected chi connectivity index (χ3v) is 11.3. The lowest BCUT2D eigenvalue weighted by atomic mass is 9.65. The normalized spacial score (nSPS) is 26.8. The minimum absolute atomic E-state index is 0.0689. The molecule has 5 atom stereocenters. The highest BCUT2D eigenvalue weighted by Gasteiger charge is 2.72. The molecule has 1 spiro atoms. The van der Waals surface area contributed by atoms with Gasteiger partial charge in [0.05, 0.1) is 6.20 Å². The Kier molecular flexibility index (Phi) is 13.8. The second-order valence-corrected chi connectivity index (χ2v) is 15.6. The van der Waals surface area contributed by atoms with Crippen LogP contribution in [0.1, 0.15) is 90.3 Å². The Hall–Kier alpha value is -4.27. The molecule has 3 fully saturated rings. The molecule has 3 aliphatic rings. The summed E-state index contributed by atoms with van der Waals surface area (Å²) in [6.07, 6.45) is 7.35. The number of ether oxygens (including phenoxy) is 6. The van der Waals surface area contributed by atoms with Crippen LogP contribution < -0.4 is 10.1 Å². The Morgan fingerprint density at radius 3 is 2.36 bits per heavy atom. The van der Waals surface area contributed by atoms with Gasteiger partial charge in [-0.05, 0) is 86.7 Å². The van der Waals surface area contributed by atoms with Crippen molar-refractivity contribution in [3.8, 4) is 5.88 Å². The van der Waals surface area contributed by atoms with Crippen molar-refractivity contribution in [3.05, 3.63) is 53.2 Å². The predicted octanol–water partition coefficient (Wildman–Crippen LogP) is 4.69. The second kappa shape index (κ2) is 18.1. The van der Waals surface area contributed by atoms with E-state index in [1.54, 1.807) is 0 Å². The maximum Gasteiger partial charge on any atom is 0.303 e. The monoisotopic (exact) mass is 766 g/mol. The van der Waals surface area contributed by atoms with Gasteiger partial charge in [0.1, 0.15) is 6.61 Å². The lowest BCUT2D eigenvalue weighted by Crippen LogP contribution is -2.79. The largest absolute Gasteiger partial charge is 0.463 e. The molecule has 14 nitrogen and oxygen atoms in total. The van der Waals surface area contributed by atoms with Crippen LogP contribution in [0.25, 0.3) is 6.08 Å². The van der Waals surface area contributed by atoms with Crippen molar-refractivity contribution in [2.45, 2.75) is 117 Å². The number of carbonyl (C=O) groups excluding carboxylic acids is 4. The third kappa shape index (κ3) is 9.95. The number of nitrogens with one attached hydrogen (secondary N) is 2. The van der Waals surface area contributed by atoms with Gasteiger partial charge < -0.3 is 38.6 Å². The van der Waals surface area contributed by atoms with Crippen LogP contribution in [-0.4, -0.2) is 108 Å². The average Bonchev–Trinajstić information content (AvgIpc) is 3.63. The van der Waals surface area contributed by atoms with Gasteiger partial charge in [0, 0.05) is 53.3 Å². The number of likely N-dealkylation sites (tertiary alicyclic amines) is 1. The first kappa shape index (κ1) is 41.9. The molecule has 5 rings (SSSR count). The van der Waals surface area contributed by atoms with Crippen LogP contribution in [0, 0.1) is 18.3 Å². The van der Waals surface area contributed by atoms with Crippen LogP contribution in [0.5, 0.6) is 5.88 Å². The Bertz CT molecular complexity index is 1670. The van der Waals surface area contributed by atoms with E-state index in [9.17, 15) is 19.2 Å². The molecular weight excluding hydrogens is 708 g/mol. The van der Waals surface area contributed by atoms with E-state index in [1.165, 1.54) is 72.2 Å². The molecule has 0 unspecified atom stereocenters. The zero-order chi connectivity index (χ0) is 39.8. The summed E-state index contributed by atoms with van der Waals surface area (Å²) >= 11 is 0. The molecule has 1 aromatic carbocycles. The van der Waals surface area contributed by atoms with Crippen molar-refractivity contribution in [1.82, 2.24) is 20.4 Å². The van der Waals surface area contributed by atoms with Gasteiger partial charge in [-0.3, -0.25) is 19.2 Å². The number of hydrogen-bond donors (Lipinski definition) is 2. The molecule has 0 saturated carbocycles. The van der Waals surface area contributed by atoms with Gasteiger partial charge in [0.2, 0.25) is 18.3 Å². The summed E-state index contributed by atoms with van der Waals surface area (Å²) in [6, 6.07) is 7.48. The fourth-order valence-electron chi connectivity index (χ4n) is 8.69. The number of carbonyl (C=O) groups is 4. The van der Waals surface area contributed by atoms with Crippen molar-refractivity contribution in [3.63, 3.8) is 0 Å². The molecule has 2 N–H and O–H groups in total. The van der Waals surface area contributed by atoms with Gasteiger partial charge in [-0.2, -0.15) is 5.10 Å². The van der Waals surface area contributed by atoms with Gasteiger partial charge >= 0.3 is 23.9 Å². The summed E-state index contributed by atoms with van der Waals surface area (Å²) < 4.78 is 36.8. The number of hydrogen-bond acceptors (Lipinski definition) is 13. The molecule has 0 amide bonds. The molecule has 1 aromatic heterocycles. The number of benzene rings is 1. The molecule has 0 bridgehead atoms. The molecule has 55 heavy (non-hydrogen) atoms. The second-order valence-electron chi connectivity index (χ2n) is 15.6. The van der Waals surface area contributed by atoms with Crippen molar-refractivity contribution in [2.75, 3.05) is 39.3 Å². The van der Waals surface area contributed by atoms with E-state index in [1.807, 2.05) is 39.0 Å². The van der Waals surface area contributed by atoms with E-state index in [4.69, 9.17) is 28.4 Å². The average molecular weight is 767 g/mol. The maximum absolute atomic E-state index is 13.2. The minimum atomic E-state index is -1.91. The molecule has 4 heterocycles. The maximum atomic E-state index is 13.2. The number of aromatic nitrogens is 2. The lowest BCUT2D eigenvalue weighted by molar-refractivity contribution is -0.368. The summed E-state index contributed by atoms with van der Waals surface area (Å²) in [5, 5.41) is 10.1. The number of aromatic amines is 1. The molecule has 3 saturated heterocycles. The molecule has 0 radical (unpaired) electrons. The number of rotatable bonds is 14. The number of aryl methyl sites for hydroxylation is 1. The van der Waals surface area contributed by atoms with Gasteiger partial charge in [0.25, 0.3) is 0 Å². The molecule has 0 aliphatic carbocycles. The Morgan fingerprint density at radius 2 is 1.75 bits per heavy atom. The van der Waals surface area contributed by atoms with E-state index < -0.39 is 66.1 Å². The smallest absolute Gasteiger partial charge is 0.303 e. The zero-order valence-electron chi connectivity index (χ0n) is 33.3. The highest BCUT2D eigenvalue weighted by Crippen LogP contribution is 2.50. The standard InChI is InChI=1S/C41H58N4O10/c1-27(2)41(26-50-29(4)46)40(54-32(7)49,37(52-31(6)48)36(51-30(5)47)38(55-41)53-35-14-18-43-44-35)24-34-13-12-33(23-28(34)3)11-8-9-21-45-22-10-15-39(25-45)16-19-42-20-17-39/h8,11-14,18,23,27,36-38,42H,9-10,15-17,19-22,24-26H2,1-7H3,(H,43,44)/b11-8+/t36-,37-,38-,40+,41+/m1/s1. The van der Waals surface area contributed by atoms with Crippen molar-refractivity contribution < 1.29 is 47.6 Å². The van der Waals surface area contributed by atoms with Crippen molar-refractivity contribution in [2.24, 2.45) is 11.3 Å². The first-order valence-electron chi connectivity index (χ1n) is 19.4. The highest BCUT2D eigenvalue weighted by molar-refractivity contribution is 5.70. The summed E-state index contributed by atoms with van der Waals surface area (Å²) in [5.41, 5.74) is -0.569. The number of esters is 4. The summed E-state index contributed by atoms with van der Waals surface area (Å²) in [7, 11) is 0. The van der Waals surface area contributed by atoms with E-state index in [2.05, 4.69) is 32.6 Å². The molecule has 2 aromatic rings. The van der Waals surface area contributed by atoms with Gasteiger partial charge in [-0.1, -0.05) is 44.2 Å². The third-order valence-electron chi connectivity index (χ3n) is 11.3. The first-order valence-corrected chi connectivity index (χ1v) is 19.4. The SMILES string of the molecule is CC(=O)OC[C@@]1(C(C)C)O[C@@H](Oc2ccn[nH]2)[C@H](OC(C)=O)[C@@H](OC(C)=O)[C@]1(Cc1ccc(/C=C/CCN2CCCC3(CCNCC3)C2)cc1C)OC(C)=O. The van der Waals surface area contributed by atoms with Crippen LogP contribution in [0.4, 0.5) is 0 Å². The Labute approximate surface area is 323 Å². The van der Waals surface area contributed by atoms with E-state index in [0.29, 0.717) is 5.41 Å². The fraction of sp³-hybridized carbons (Fsp3) is 0.634.